The quantitative estimate of drug-likeness (QED) is 0.482. The van der Waals surface area contributed by atoms with Crippen LogP contribution in [0.15, 0.2) is 30.3 Å². The van der Waals surface area contributed by atoms with Crippen LogP contribution in [-0.4, -0.2) is 36.0 Å². The van der Waals surface area contributed by atoms with Gasteiger partial charge in [0, 0.05) is 13.5 Å². The fourth-order valence-electron chi connectivity index (χ4n) is 2.83. The van der Waals surface area contributed by atoms with Crippen LogP contribution >= 0.6 is 11.3 Å². The Morgan fingerprint density at radius 3 is 2.45 bits per heavy atom. The topological polar surface area (TPSA) is 70.1 Å². The van der Waals surface area contributed by atoms with E-state index in [4.69, 9.17) is 0 Å². The van der Waals surface area contributed by atoms with E-state index >= 15 is 0 Å². The molecule has 4 aromatic rings. The molecule has 0 unspecified atom stereocenters. The average molecular weight is 422 g/mol. The van der Waals surface area contributed by atoms with Gasteiger partial charge in [-0.05, 0) is 29.7 Å². The number of benzene rings is 1. The second-order valence-electron chi connectivity index (χ2n) is 6.82. The first-order chi connectivity index (χ1) is 13.7. The molecule has 0 amide bonds. The SMILES string of the molecule is CC(C)c1cc(-c2nn3c(Cc4ccc(OC(F)(F)F)cc4)nnc3s2)n(C)n1. The van der Waals surface area contributed by atoms with Crippen LogP contribution in [0.4, 0.5) is 13.2 Å². The van der Waals surface area contributed by atoms with Crippen molar-refractivity contribution in [3.8, 4) is 16.5 Å². The Morgan fingerprint density at radius 1 is 1.10 bits per heavy atom. The van der Waals surface area contributed by atoms with Crippen molar-refractivity contribution in [2.75, 3.05) is 0 Å². The van der Waals surface area contributed by atoms with Crippen LogP contribution in [0.1, 0.15) is 36.8 Å². The molecular weight excluding hydrogens is 405 g/mol. The normalized spacial score (nSPS) is 12.2. The van der Waals surface area contributed by atoms with Crippen molar-refractivity contribution in [3.63, 3.8) is 0 Å². The first kappa shape index (κ1) is 19.4. The highest BCUT2D eigenvalue weighted by Gasteiger charge is 2.31. The number of hydrogen-bond donors (Lipinski definition) is 0. The molecule has 0 saturated carbocycles. The standard InChI is InChI=1S/C18H17F3N6OS/c1-10(2)13-9-14(26(3)24-13)16-25-27-15(22-23-17(27)29-16)8-11-4-6-12(7-5-11)28-18(19,20)21/h4-7,9-10H,8H2,1-3H3. The molecule has 29 heavy (non-hydrogen) atoms. The van der Waals surface area contributed by atoms with Crippen molar-refractivity contribution in [3.05, 3.63) is 47.4 Å². The summed E-state index contributed by atoms with van der Waals surface area (Å²) >= 11 is 1.40. The van der Waals surface area contributed by atoms with Gasteiger partial charge in [-0.15, -0.1) is 23.4 Å². The summed E-state index contributed by atoms with van der Waals surface area (Å²) < 4.78 is 44.2. The van der Waals surface area contributed by atoms with E-state index in [9.17, 15) is 13.2 Å². The third-order valence-corrected chi connectivity index (χ3v) is 5.21. The summed E-state index contributed by atoms with van der Waals surface area (Å²) in [4.78, 5) is 0.638. The van der Waals surface area contributed by atoms with Crippen LogP contribution < -0.4 is 4.74 Å². The van der Waals surface area contributed by atoms with Gasteiger partial charge >= 0.3 is 6.36 Å². The first-order valence-corrected chi connectivity index (χ1v) is 9.61. The smallest absolute Gasteiger partial charge is 0.406 e. The third-order valence-electron chi connectivity index (χ3n) is 4.28. The van der Waals surface area contributed by atoms with E-state index in [0.29, 0.717) is 23.1 Å². The molecule has 3 heterocycles. The highest BCUT2D eigenvalue weighted by atomic mass is 32.1. The second-order valence-corrected chi connectivity index (χ2v) is 7.78. The Labute approximate surface area is 167 Å². The van der Waals surface area contributed by atoms with Crippen LogP contribution in [0, 0.1) is 0 Å². The number of aryl methyl sites for hydroxylation is 1. The van der Waals surface area contributed by atoms with Crippen LogP contribution in [0.25, 0.3) is 15.7 Å². The molecule has 0 atom stereocenters. The Hall–Kier alpha value is -2.95. The molecule has 11 heteroatoms. The first-order valence-electron chi connectivity index (χ1n) is 8.80. The summed E-state index contributed by atoms with van der Waals surface area (Å²) in [6.07, 6.45) is -4.34. The fraction of sp³-hybridized carbons (Fsp3) is 0.333. The van der Waals surface area contributed by atoms with E-state index in [1.54, 1.807) is 21.3 Å². The summed E-state index contributed by atoms with van der Waals surface area (Å²) in [5, 5.41) is 18.2. The van der Waals surface area contributed by atoms with E-state index in [1.807, 2.05) is 13.1 Å². The maximum Gasteiger partial charge on any atom is 0.573 e. The number of alkyl halides is 3. The number of nitrogens with zero attached hydrogens (tertiary/aromatic N) is 6. The van der Waals surface area contributed by atoms with Crippen molar-refractivity contribution >= 4 is 16.3 Å². The number of rotatable bonds is 5. The average Bonchev–Trinajstić information content (AvgIpc) is 3.30. The van der Waals surface area contributed by atoms with Gasteiger partial charge < -0.3 is 4.74 Å². The Bertz CT molecular complexity index is 1140. The van der Waals surface area contributed by atoms with Gasteiger partial charge in [0.05, 0.1) is 11.4 Å². The van der Waals surface area contributed by atoms with Crippen molar-refractivity contribution in [2.24, 2.45) is 7.05 Å². The third kappa shape index (κ3) is 4.09. The van der Waals surface area contributed by atoms with Crippen LogP contribution in [0.5, 0.6) is 5.75 Å². The minimum atomic E-state index is -4.71. The number of hydrogen-bond acceptors (Lipinski definition) is 6. The highest BCUT2D eigenvalue weighted by molar-refractivity contribution is 7.19. The molecule has 1 aromatic carbocycles. The molecule has 0 saturated heterocycles. The van der Waals surface area contributed by atoms with Crippen LogP contribution in [0.2, 0.25) is 0 Å². The lowest BCUT2D eigenvalue weighted by Crippen LogP contribution is -2.17. The monoisotopic (exact) mass is 422 g/mol. The maximum absolute atomic E-state index is 12.3. The van der Waals surface area contributed by atoms with Gasteiger partial charge in [0.15, 0.2) is 10.8 Å². The van der Waals surface area contributed by atoms with Gasteiger partial charge in [0.25, 0.3) is 0 Å². The summed E-state index contributed by atoms with van der Waals surface area (Å²) in [7, 11) is 1.87. The minimum absolute atomic E-state index is 0.263. The summed E-state index contributed by atoms with van der Waals surface area (Å²) in [5.41, 5.74) is 2.64. The predicted octanol–water partition coefficient (Wildman–Crippen LogP) is 4.20. The second kappa shape index (κ2) is 7.14. The minimum Gasteiger partial charge on any atom is -0.406 e. The van der Waals surface area contributed by atoms with Crippen molar-refractivity contribution in [1.82, 2.24) is 29.6 Å². The van der Waals surface area contributed by atoms with E-state index in [2.05, 4.69) is 39.0 Å². The van der Waals surface area contributed by atoms with Crippen molar-refractivity contribution in [2.45, 2.75) is 32.5 Å². The Morgan fingerprint density at radius 2 is 1.83 bits per heavy atom. The molecule has 7 nitrogen and oxygen atoms in total. The molecule has 0 fully saturated rings. The molecular formula is C18H17F3N6OS. The van der Waals surface area contributed by atoms with Gasteiger partial charge in [-0.1, -0.05) is 37.3 Å². The zero-order valence-electron chi connectivity index (χ0n) is 15.8. The van der Waals surface area contributed by atoms with Gasteiger partial charge in [0.1, 0.15) is 5.75 Å². The van der Waals surface area contributed by atoms with E-state index in [1.165, 1.54) is 23.5 Å². The number of ether oxygens (including phenoxy) is 1. The Balaban J connectivity index is 1.58. The Kier molecular flexibility index (Phi) is 4.77. The van der Waals surface area contributed by atoms with Crippen LogP contribution in [0.3, 0.4) is 0 Å². The van der Waals surface area contributed by atoms with Crippen molar-refractivity contribution < 1.29 is 17.9 Å². The molecule has 152 valence electrons. The van der Waals surface area contributed by atoms with Gasteiger partial charge in [-0.3, -0.25) is 4.68 Å². The molecule has 0 spiro atoms. The summed E-state index contributed by atoms with van der Waals surface area (Å²) in [6, 6.07) is 7.68. The molecule has 0 aliphatic carbocycles. The van der Waals surface area contributed by atoms with Gasteiger partial charge in [-0.25, -0.2) is 0 Å². The lowest BCUT2D eigenvalue weighted by atomic mass is 10.1. The van der Waals surface area contributed by atoms with Crippen LogP contribution in [-0.2, 0) is 13.5 Å². The number of halogens is 3. The zero-order valence-corrected chi connectivity index (χ0v) is 16.6. The molecule has 0 aliphatic heterocycles. The lowest BCUT2D eigenvalue weighted by Gasteiger charge is -2.08. The largest absolute Gasteiger partial charge is 0.573 e. The zero-order chi connectivity index (χ0) is 20.8. The number of aromatic nitrogens is 6. The summed E-state index contributed by atoms with van der Waals surface area (Å²) in [5.74, 6) is 0.638. The number of fused-ring (bicyclic) bond motifs is 1. The molecule has 4 rings (SSSR count). The molecule has 0 bridgehead atoms. The maximum atomic E-state index is 12.3. The molecule has 0 radical (unpaired) electrons. The predicted molar refractivity (Wildman–Crippen MR) is 101 cm³/mol. The fourth-order valence-corrected chi connectivity index (χ4v) is 3.74. The molecule has 3 aromatic heterocycles. The van der Waals surface area contributed by atoms with E-state index in [0.717, 1.165) is 22.0 Å². The van der Waals surface area contributed by atoms with Gasteiger partial charge in [-0.2, -0.15) is 14.7 Å². The van der Waals surface area contributed by atoms with Gasteiger partial charge in [0.2, 0.25) is 4.96 Å². The highest BCUT2D eigenvalue weighted by Crippen LogP contribution is 2.28. The lowest BCUT2D eigenvalue weighted by molar-refractivity contribution is -0.274. The van der Waals surface area contributed by atoms with E-state index < -0.39 is 6.36 Å². The summed E-state index contributed by atoms with van der Waals surface area (Å²) in [6.45, 7) is 4.15. The van der Waals surface area contributed by atoms with Crippen molar-refractivity contribution in [1.29, 1.82) is 0 Å². The molecule has 0 N–H and O–H groups in total. The molecule has 0 aliphatic rings. The van der Waals surface area contributed by atoms with E-state index in [-0.39, 0.29) is 5.75 Å².